The van der Waals surface area contributed by atoms with E-state index in [2.05, 4.69) is 15.0 Å². The van der Waals surface area contributed by atoms with Crippen LogP contribution in [0.4, 0.5) is 5.82 Å². The molecule has 19 heavy (non-hydrogen) atoms. The van der Waals surface area contributed by atoms with Crippen LogP contribution < -0.4 is 5.73 Å². The number of fused-ring (bicyclic) bond motifs is 1. The maximum absolute atomic E-state index is 5.89. The first-order valence-corrected chi connectivity index (χ1v) is 6.12. The highest BCUT2D eigenvalue weighted by molar-refractivity contribution is 5.81. The Morgan fingerprint density at radius 3 is 2.53 bits per heavy atom. The Balaban J connectivity index is 2.24. The average molecular weight is 250 g/mol. The number of nitrogen functional groups attached to an aromatic ring is 1. The van der Waals surface area contributed by atoms with Gasteiger partial charge in [0.2, 0.25) is 0 Å². The van der Waals surface area contributed by atoms with E-state index in [0.717, 1.165) is 27.9 Å². The summed E-state index contributed by atoms with van der Waals surface area (Å²) in [7, 11) is 0. The van der Waals surface area contributed by atoms with Gasteiger partial charge in [0, 0.05) is 10.9 Å². The van der Waals surface area contributed by atoms with E-state index in [9.17, 15) is 0 Å². The number of nitrogens with zero attached hydrogens (tertiary/aromatic N) is 3. The Labute approximate surface area is 111 Å². The number of pyridine rings is 1. The van der Waals surface area contributed by atoms with Crippen LogP contribution in [0.2, 0.25) is 0 Å². The van der Waals surface area contributed by atoms with Gasteiger partial charge in [0.05, 0.1) is 16.9 Å². The van der Waals surface area contributed by atoms with Crippen LogP contribution in [0.1, 0.15) is 11.4 Å². The van der Waals surface area contributed by atoms with Crippen LogP contribution in [0.15, 0.2) is 36.4 Å². The number of rotatable bonds is 1. The Morgan fingerprint density at radius 2 is 1.68 bits per heavy atom. The highest BCUT2D eigenvalue weighted by Crippen LogP contribution is 2.24. The van der Waals surface area contributed by atoms with E-state index in [1.807, 2.05) is 50.2 Å². The predicted molar refractivity (Wildman–Crippen MR) is 76.7 cm³/mol. The summed E-state index contributed by atoms with van der Waals surface area (Å²) in [6, 6.07) is 12.0. The molecule has 0 unspecified atom stereocenters. The van der Waals surface area contributed by atoms with Crippen LogP contribution in [-0.2, 0) is 0 Å². The van der Waals surface area contributed by atoms with Crippen LogP contribution in [-0.4, -0.2) is 15.0 Å². The lowest BCUT2D eigenvalue weighted by Crippen LogP contribution is -2.02. The van der Waals surface area contributed by atoms with Gasteiger partial charge < -0.3 is 5.73 Å². The van der Waals surface area contributed by atoms with Gasteiger partial charge in [0.1, 0.15) is 11.6 Å². The van der Waals surface area contributed by atoms with Crippen LogP contribution >= 0.6 is 0 Å². The topological polar surface area (TPSA) is 64.7 Å². The molecule has 94 valence electrons. The maximum atomic E-state index is 5.89. The Morgan fingerprint density at radius 1 is 0.895 bits per heavy atom. The molecule has 0 saturated heterocycles. The second-order valence-electron chi connectivity index (χ2n) is 4.52. The molecule has 2 N–H and O–H groups in total. The lowest BCUT2D eigenvalue weighted by Gasteiger charge is -2.08. The average Bonchev–Trinajstić information content (AvgIpc) is 2.42. The molecule has 0 fully saturated rings. The van der Waals surface area contributed by atoms with Crippen molar-refractivity contribution in [3.05, 3.63) is 47.8 Å². The molecular formula is C15H14N4. The van der Waals surface area contributed by atoms with Gasteiger partial charge in [-0.2, -0.15) is 0 Å². The number of benzene rings is 1. The molecule has 1 aromatic carbocycles. The SMILES string of the molecule is Cc1nc(N)c(C)c(-c2ccc3ccccc3n2)n1. The number of anilines is 1. The molecule has 3 rings (SSSR count). The molecule has 4 nitrogen and oxygen atoms in total. The molecule has 2 aromatic heterocycles. The van der Waals surface area contributed by atoms with Gasteiger partial charge in [-0.25, -0.2) is 15.0 Å². The van der Waals surface area contributed by atoms with Crippen molar-refractivity contribution < 1.29 is 0 Å². The van der Waals surface area contributed by atoms with Crippen LogP contribution in [0, 0.1) is 13.8 Å². The molecule has 2 heterocycles. The fourth-order valence-corrected chi connectivity index (χ4v) is 2.10. The van der Waals surface area contributed by atoms with Crippen molar-refractivity contribution in [3.63, 3.8) is 0 Å². The second kappa shape index (κ2) is 4.31. The second-order valence-corrected chi connectivity index (χ2v) is 4.52. The van der Waals surface area contributed by atoms with Crippen molar-refractivity contribution in [2.45, 2.75) is 13.8 Å². The lowest BCUT2D eigenvalue weighted by atomic mass is 10.1. The molecular weight excluding hydrogens is 236 g/mol. The first kappa shape index (κ1) is 11.6. The summed E-state index contributed by atoms with van der Waals surface area (Å²) < 4.78 is 0. The summed E-state index contributed by atoms with van der Waals surface area (Å²) >= 11 is 0. The summed E-state index contributed by atoms with van der Waals surface area (Å²) in [4.78, 5) is 13.3. The first-order valence-electron chi connectivity index (χ1n) is 6.12. The fourth-order valence-electron chi connectivity index (χ4n) is 2.10. The molecule has 0 bridgehead atoms. The number of aromatic nitrogens is 3. The predicted octanol–water partition coefficient (Wildman–Crippen LogP) is 2.89. The lowest BCUT2D eigenvalue weighted by molar-refractivity contribution is 1.04. The molecule has 0 saturated carbocycles. The summed E-state index contributed by atoms with van der Waals surface area (Å²) in [5.74, 6) is 1.17. The summed E-state index contributed by atoms with van der Waals surface area (Å²) in [6.07, 6.45) is 0. The van der Waals surface area contributed by atoms with E-state index < -0.39 is 0 Å². The summed E-state index contributed by atoms with van der Waals surface area (Å²) in [6.45, 7) is 3.75. The summed E-state index contributed by atoms with van der Waals surface area (Å²) in [5, 5.41) is 1.11. The van der Waals surface area contributed by atoms with Crippen LogP contribution in [0.3, 0.4) is 0 Å². The van der Waals surface area contributed by atoms with Gasteiger partial charge in [-0.1, -0.05) is 24.3 Å². The van der Waals surface area contributed by atoms with E-state index in [1.165, 1.54) is 0 Å². The van der Waals surface area contributed by atoms with Crippen molar-refractivity contribution in [1.29, 1.82) is 0 Å². The number of aryl methyl sites for hydroxylation is 1. The third kappa shape index (κ3) is 2.01. The van der Waals surface area contributed by atoms with Crippen molar-refractivity contribution >= 4 is 16.7 Å². The van der Waals surface area contributed by atoms with Gasteiger partial charge in [-0.05, 0) is 26.0 Å². The van der Waals surface area contributed by atoms with Gasteiger partial charge in [-0.3, -0.25) is 0 Å². The third-order valence-corrected chi connectivity index (χ3v) is 3.14. The number of nitrogens with two attached hydrogens (primary N) is 1. The quantitative estimate of drug-likeness (QED) is 0.721. The molecule has 0 radical (unpaired) electrons. The minimum atomic E-state index is 0.512. The minimum Gasteiger partial charge on any atom is -0.383 e. The highest BCUT2D eigenvalue weighted by Gasteiger charge is 2.10. The van der Waals surface area contributed by atoms with E-state index in [4.69, 9.17) is 5.73 Å². The van der Waals surface area contributed by atoms with Gasteiger partial charge in [-0.15, -0.1) is 0 Å². The highest BCUT2D eigenvalue weighted by atomic mass is 15.0. The Bertz CT molecular complexity index is 765. The van der Waals surface area contributed by atoms with Crippen molar-refractivity contribution in [2.75, 3.05) is 5.73 Å². The third-order valence-electron chi connectivity index (χ3n) is 3.14. The van der Waals surface area contributed by atoms with Crippen molar-refractivity contribution in [2.24, 2.45) is 0 Å². The normalized spacial score (nSPS) is 10.8. The minimum absolute atomic E-state index is 0.512. The molecule has 0 aliphatic heterocycles. The van der Waals surface area contributed by atoms with E-state index in [1.54, 1.807) is 0 Å². The van der Waals surface area contributed by atoms with Crippen LogP contribution in [0.25, 0.3) is 22.3 Å². The van der Waals surface area contributed by atoms with E-state index in [0.29, 0.717) is 11.6 Å². The van der Waals surface area contributed by atoms with Crippen molar-refractivity contribution in [1.82, 2.24) is 15.0 Å². The smallest absolute Gasteiger partial charge is 0.130 e. The van der Waals surface area contributed by atoms with E-state index >= 15 is 0 Å². The molecule has 4 heteroatoms. The molecule has 0 aliphatic carbocycles. The van der Waals surface area contributed by atoms with Gasteiger partial charge in [0.25, 0.3) is 0 Å². The Kier molecular flexibility index (Phi) is 2.63. The molecule has 0 amide bonds. The first-order chi connectivity index (χ1) is 9.15. The zero-order chi connectivity index (χ0) is 13.4. The monoisotopic (exact) mass is 250 g/mol. The van der Waals surface area contributed by atoms with E-state index in [-0.39, 0.29) is 0 Å². The summed E-state index contributed by atoms with van der Waals surface area (Å²) in [5.41, 5.74) is 9.34. The maximum Gasteiger partial charge on any atom is 0.130 e. The molecule has 0 atom stereocenters. The zero-order valence-corrected chi connectivity index (χ0v) is 10.9. The van der Waals surface area contributed by atoms with Crippen LogP contribution in [0.5, 0.6) is 0 Å². The molecule has 3 aromatic rings. The van der Waals surface area contributed by atoms with Gasteiger partial charge in [0.15, 0.2) is 0 Å². The van der Waals surface area contributed by atoms with Gasteiger partial charge >= 0.3 is 0 Å². The number of hydrogen-bond donors (Lipinski definition) is 1. The largest absolute Gasteiger partial charge is 0.383 e. The molecule has 0 aliphatic rings. The molecule has 0 spiro atoms. The number of hydrogen-bond acceptors (Lipinski definition) is 4. The number of para-hydroxylation sites is 1. The zero-order valence-electron chi connectivity index (χ0n) is 10.9. The Hall–Kier alpha value is -2.49. The fraction of sp³-hybridized carbons (Fsp3) is 0.133. The van der Waals surface area contributed by atoms with Crippen molar-refractivity contribution in [3.8, 4) is 11.4 Å². The standard InChI is InChI=1S/C15H14N4/c1-9-14(17-10(2)18-15(9)16)13-8-7-11-5-3-4-6-12(11)19-13/h3-8H,1-2H3,(H2,16,17,18).